The third-order valence-electron chi connectivity index (χ3n) is 2.54. The lowest BCUT2D eigenvalue weighted by atomic mass is 10.2. The summed E-state index contributed by atoms with van der Waals surface area (Å²) in [4.78, 5) is 4.24. The quantitative estimate of drug-likeness (QED) is 0.710. The summed E-state index contributed by atoms with van der Waals surface area (Å²) in [5.74, 6) is 1.38. The predicted molar refractivity (Wildman–Crippen MR) is 78.2 cm³/mol. The molecule has 0 spiro atoms. The summed E-state index contributed by atoms with van der Waals surface area (Å²) >= 11 is 4.95. The molecule has 2 N–H and O–H groups in total. The molecule has 18 heavy (non-hydrogen) atoms. The molecule has 3 rings (SSSR count). The molecule has 1 aromatic heterocycles. The largest absolute Gasteiger partial charge is 0.455 e. The molecule has 0 fully saturated rings. The minimum absolute atomic E-state index is 0.580. The number of nitrogen functional groups attached to an aromatic ring is 1. The van der Waals surface area contributed by atoms with Gasteiger partial charge in [-0.2, -0.15) is 0 Å². The van der Waals surface area contributed by atoms with Gasteiger partial charge in [-0.3, -0.25) is 0 Å². The fourth-order valence-corrected chi connectivity index (χ4v) is 2.61. The Bertz CT molecular complexity index is 694. The van der Waals surface area contributed by atoms with E-state index in [-0.39, 0.29) is 0 Å². The van der Waals surface area contributed by atoms with E-state index in [2.05, 4.69) is 20.9 Å². The van der Waals surface area contributed by atoms with Crippen molar-refractivity contribution in [2.75, 3.05) is 5.73 Å². The first-order valence-corrected chi connectivity index (χ1v) is 6.96. The van der Waals surface area contributed by atoms with Gasteiger partial charge in [-0.15, -0.1) is 11.3 Å². The molecular formula is C13H9BrN2OS. The first-order chi connectivity index (χ1) is 8.74. The van der Waals surface area contributed by atoms with Crippen LogP contribution in [0.2, 0.25) is 0 Å². The number of thiazole rings is 1. The number of halogens is 1. The summed E-state index contributed by atoms with van der Waals surface area (Å²) in [5, 5.41) is 0. The highest BCUT2D eigenvalue weighted by molar-refractivity contribution is 9.10. The van der Waals surface area contributed by atoms with Crippen molar-refractivity contribution in [3.63, 3.8) is 0 Å². The highest BCUT2D eigenvalue weighted by Crippen LogP contribution is 2.34. The molecule has 0 atom stereocenters. The Morgan fingerprint density at radius 2 is 1.89 bits per heavy atom. The first-order valence-electron chi connectivity index (χ1n) is 5.29. The van der Waals surface area contributed by atoms with Crippen LogP contribution in [0.25, 0.3) is 10.2 Å². The van der Waals surface area contributed by atoms with Gasteiger partial charge in [0.05, 0.1) is 10.2 Å². The first kappa shape index (κ1) is 11.5. The van der Waals surface area contributed by atoms with Crippen molar-refractivity contribution in [2.45, 2.75) is 0 Å². The third kappa shape index (κ3) is 2.07. The molecule has 0 unspecified atom stereocenters. The van der Waals surface area contributed by atoms with Gasteiger partial charge >= 0.3 is 0 Å². The molecule has 1 heterocycles. The number of hydrogen-bond donors (Lipinski definition) is 1. The normalized spacial score (nSPS) is 10.7. The van der Waals surface area contributed by atoms with Crippen LogP contribution in [0.4, 0.5) is 5.69 Å². The minimum atomic E-state index is 0.580. The van der Waals surface area contributed by atoms with Gasteiger partial charge in [0, 0.05) is 4.47 Å². The molecule has 2 aromatic carbocycles. The van der Waals surface area contributed by atoms with Crippen LogP contribution >= 0.6 is 27.3 Å². The van der Waals surface area contributed by atoms with Crippen molar-refractivity contribution in [1.29, 1.82) is 0 Å². The number of benzene rings is 2. The Morgan fingerprint density at radius 1 is 1.11 bits per heavy atom. The van der Waals surface area contributed by atoms with Gasteiger partial charge in [0.25, 0.3) is 0 Å². The smallest absolute Gasteiger partial charge is 0.152 e. The number of fused-ring (bicyclic) bond motifs is 1. The summed E-state index contributed by atoms with van der Waals surface area (Å²) in [6.07, 6.45) is 0. The van der Waals surface area contributed by atoms with E-state index < -0.39 is 0 Å². The van der Waals surface area contributed by atoms with Crippen LogP contribution in [-0.4, -0.2) is 4.98 Å². The monoisotopic (exact) mass is 320 g/mol. The standard InChI is InChI=1S/C13H9BrN2OS/c14-8-1-3-9(4-2-8)17-10-5-6-11-13(12(10)15)16-7-18-11/h1-7H,15H2. The molecule has 0 saturated heterocycles. The van der Waals surface area contributed by atoms with Crippen LogP contribution in [0.5, 0.6) is 11.5 Å². The lowest BCUT2D eigenvalue weighted by Gasteiger charge is -2.08. The molecule has 0 radical (unpaired) electrons. The van der Waals surface area contributed by atoms with Crippen LogP contribution in [-0.2, 0) is 0 Å². The van der Waals surface area contributed by atoms with E-state index in [0.29, 0.717) is 11.4 Å². The van der Waals surface area contributed by atoms with E-state index in [0.717, 1.165) is 20.4 Å². The van der Waals surface area contributed by atoms with Gasteiger partial charge in [-0.1, -0.05) is 15.9 Å². The molecular weight excluding hydrogens is 312 g/mol. The number of aromatic nitrogens is 1. The maximum atomic E-state index is 6.05. The molecule has 0 bridgehead atoms. The number of hydrogen-bond acceptors (Lipinski definition) is 4. The van der Waals surface area contributed by atoms with E-state index in [1.54, 1.807) is 16.8 Å². The second kappa shape index (κ2) is 4.59. The molecule has 0 aliphatic heterocycles. The lowest BCUT2D eigenvalue weighted by molar-refractivity contribution is 0.485. The zero-order valence-electron chi connectivity index (χ0n) is 9.26. The van der Waals surface area contributed by atoms with Crippen molar-refractivity contribution < 1.29 is 4.74 Å². The van der Waals surface area contributed by atoms with Crippen molar-refractivity contribution in [1.82, 2.24) is 4.98 Å². The van der Waals surface area contributed by atoms with Gasteiger partial charge in [0.2, 0.25) is 0 Å². The lowest BCUT2D eigenvalue weighted by Crippen LogP contribution is -1.93. The highest BCUT2D eigenvalue weighted by atomic mass is 79.9. The molecule has 3 nitrogen and oxygen atoms in total. The van der Waals surface area contributed by atoms with Gasteiger partial charge in [0.1, 0.15) is 17.0 Å². The van der Waals surface area contributed by atoms with Crippen LogP contribution < -0.4 is 10.5 Å². The van der Waals surface area contributed by atoms with Crippen LogP contribution in [0.15, 0.2) is 46.4 Å². The Hall–Kier alpha value is -1.59. The van der Waals surface area contributed by atoms with E-state index in [1.807, 2.05) is 36.4 Å². The zero-order chi connectivity index (χ0) is 12.5. The summed E-state index contributed by atoms with van der Waals surface area (Å²) in [7, 11) is 0. The Labute approximate surface area is 116 Å². The van der Waals surface area contributed by atoms with Crippen molar-refractivity contribution in [2.24, 2.45) is 0 Å². The maximum Gasteiger partial charge on any atom is 0.152 e. The third-order valence-corrected chi connectivity index (χ3v) is 3.87. The molecule has 0 saturated carbocycles. The average Bonchev–Trinajstić information content (AvgIpc) is 2.84. The van der Waals surface area contributed by atoms with Gasteiger partial charge in [-0.25, -0.2) is 4.98 Å². The van der Waals surface area contributed by atoms with Crippen molar-refractivity contribution in [3.8, 4) is 11.5 Å². The molecule has 5 heteroatoms. The topological polar surface area (TPSA) is 48.1 Å². The predicted octanol–water partition coefficient (Wildman–Crippen LogP) is 4.43. The summed E-state index contributed by atoms with van der Waals surface area (Å²) < 4.78 is 7.84. The average molecular weight is 321 g/mol. The fraction of sp³-hybridized carbons (Fsp3) is 0. The van der Waals surface area contributed by atoms with Crippen LogP contribution in [0.3, 0.4) is 0 Å². The minimum Gasteiger partial charge on any atom is -0.455 e. The summed E-state index contributed by atoms with van der Waals surface area (Å²) in [6.45, 7) is 0. The Balaban J connectivity index is 1.99. The van der Waals surface area contributed by atoms with Crippen LogP contribution in [0, 0.1) is 0 Å². The molecule has 0 aliphatic rings. The van der Waals surface area contributed by atoms with Gasteiger partial charge in [-0.05, 0) is 36.4 Å². The van der Waals surface area contributed by atoms with Gasteiger partial charge in [0.15, 0.2) is 5.75 Å². The Morgan fingerprint density at radius 3 is 2.67 bits per heavy atom. The number of anilines is 1. The maximum absolute atomic E-state index is 6.05. The SMILES string of the molecule is Nc1c(Oc2ccc(Br)cc2)ccc2scnc12. The summed E-state index contributed by atoms with van der Waals surface area (Å²) in [5.41, 5.74) is 9.21. The molecule has 0 amide bonds. The van der Waals surface area contributed by atoms with E-state index >= 15 is 0 Å². The van der Waals surface area contributed by atoms with Crippen molar-refractivity contribution >= 4 is 43.2 Å². The number of nitrogens with two attached hydrogens (primary N) is 1. The number of rotatable bonds is 2. The van der Waals surface area contributed by atoms with E-state index in [4.69, 9.17) is 10.5 Å². The fourth-order valence-electron chi connectivity index (χ4n) is 1.65. The van der Waals surface area contributed by atoms with Crippen molar-refractivity contribution in [3.05, 3.63) is 46.4 Å². The second-order valence-electron chi connectivity index (χ2n) is 3.73. The molecule has 0 aliphatic carbocycles. The number of nitrogens with zero attached hydrogens (tertiary/aromatic N) is 1. The molecule has 3 aromatic rings. The Kier molecular flexibility index (Phi) is 2.93. The van der Waals surface area contributed by atoms with E-state index in [9.17, 15) is 0 Å². The van der Waals surface area contributed by atoms with Gasteiger partial charge < -0.3 is 10.5 Å². The summed E-state index contributed by atoms with van der Waals surface area (Å²) in [6, 6.07) is 11.5. The van der Waals surface area contributed by atoms with Crippen LogP contribution in [0.1, 0.15) is 0 Å². The highest BCUT2D eigenvalue weighted by Gasteiger charge is 2.08. The second-order valence-corrected chi connectivity index (χ2v) is 5.53. The van der Waals surface area contributed by atoms with E-state index in [1.165, 1.54) is 0 Å². The molecule has 90 valence electrons. The zero-order valence-corrected chi connectivity index (χ0v) is 11.7. The number of ether oxygens (including phenoxy) is 1.